The smallest absolute Gasteiger partial charge is 0.522 e. The molecule has 6 heteroatoms. The van der Waals surface area contributed by atoms with Gasteiger partial charge < -0.3 is 15.4 Å². The van der Waals surface area contributed by atoms with E-state index in [4.69, 9.17) is 0 Å². The van der Waals surface area contributed by atoms with Gasteiger partial charge in [-0.05, 0) is 0 Å². The van der Waals surface area contributed by atoms with E-state index in [2.05, 4.69) is 10.6 Å². The van der Waals surface area contributed by atoms with Gasteiger partial charge in [0.25, 0.3) is 0 Å². The Balaban J connectivity index is -0.000000245. The van der Waals surface area contributed by atoms with Gasteiger partial charge in [0.1, 0.15) is 0 Å². The topological polar surface area (TPSA) is 58.2 Å². The normalized spacial score (nSPS) is 6.10. The molecule has 52 valence electrons. The van der Waals surface area contributed by atoms with Crippen LogP contribution in [0.3, 0.4) is 0 Å². The average molecular weight is 338 g/mol. The van der Waals surface area contributed by atoms with Gasteiger partial charge in [-0.2, -0.15) is 6.41 Å². The molecule has 0 heterocycles. The van der Waals surface area contributed by atoms with E-state index >= 15 is 0 Å². The number of carbonyl (C=O) groups excluding carboxylic acids is 2. The monoisotopic (exact) mass is 338 g/mol. The van der Waals surface area contributed by atoms with Crippen molar-refractivity contribution in [2.45, 2.75) is 0 Å². The van der Waals surface area contributed by atoms with Crippen LogP contribution in [0, 0.1) is 0 Å². The van der Waals surface area contributed by atoms with E-state index in [0.29, 0.717) is 0 Å². The quantitative estimate of drug-likeness (QED) is 0.309. The molecule has 0 fully saturated rings. The van der Waals surface area contributed by atoms with Gasteiger partial charge in [0.15, 0.2) is 0 Å². The summed E-state index contributed by atoms with van der Waals surface area (Å²) in [5.74, 6) is -0.228. The molecular formula is C4H7KN2O2W. The van der Waals surface area contributed by atoms with Crippen molar-refractivity contribution in [1.29, 1.82) is 0 Å². The number of hydrogen-bond acceptors (Lipinski definition) is 2. The summed E-state index contributed by atoms with van der Waals surface area (Å²) in [6, 6.07) is 0. The number of amides is 2. The number of likely N-dealkylation sites (N-methyl/N-ethyl adjacent to an activating group) is 1. The molecule has 0 bridgehead atoms. The molecule has 0 aliphatic rings. The zero-order chi connectivity index (χ0) is 6.41. The molecule has 0 aromatic heterocycles. The van der Waals surface area contributed by atoms with Crippen molar-refractivity contribution in [1.82, 2.24) is 10.6 Å². The molecule has 0 radical (unpaired) electrons. The predicted octanol–water partition coefficient (Wildman–Crippen LogP) is -4.61. The Hall–Kier alpha value is 1.26. The Morgan fingerprint density at radius 3 is 2.40 bits per heavy atom. The van der Waals surface area contributed by atoms with Crippen molar-refractivity contribution < 1.29 is 82.0 Å². The second kappa shape index (κ2) is 12.9. The van der Waals surface area contributed by atoms with Crippen LogP contribution in [0.2, 0.25) is 0 Å². The van der Waals surface area contributed by atoms with Crippen molar-refractivity contribution in [3.8, 4) is 0 Å². The molecule has 0 saturated carbocycles. The maximum atomic E-state index is 10.2. The third kappa shape index (κ3) is 12.0. The minimum Gasteiger partial charge on any atom is -0.522 e. The van der Waals surface area contributed by atoms with Crippen LogP contribution in [0.4, 0.5) is 0 Å². The van der Waals surface area contributed by atoms with Crippen LogP contribution in [-0.2, 0) is 30.7 Å². The van der Waals surface area contributed by atoms with Crippen LogP contribution in [0.15, 0.2) is 0 Å². The van der Waals surface area contributed by atoms with Gasteiger partial charge >= 0.3 is 51.4 Å². The van der Waals surface area contributed by atoms with E-state index < -0.39 is 0 Å². The second-order valence-electron chi connectivity index (χ2n) is 1.13. The van der Waals surface area contributed by atoms with Gasteiger partial charge in [0.05, 0.1) is 6.54 Å². The van der Waals surface area contributed by atoms with Crippen LogP contribution in [0.1, 0.15) is 0 Å². The Kier molecular flexibility index (Phi) is 22.4. The summed E-state index contributed by atoms with van der Waals surface area (Å²) in [6.07, 6.45) is 1.37. The van der Waals surface area contributed by atoms with Gasteiger partial charge in [0.2, 0.25) is 5.91 Å². The average Bonchev–Trinajstić information content (AvgIpc) is 1.83. The van der Waals surface area contributed by atoms with E-state index in [9.17, 15) is 9.59 Å². The van der Waals surface area contributed by atoms with E-state index in [1.165, 1.54) is 13.5 Å². The molecule has 0 aromatic rings. The zero-order valence-corrected chi connectivity index (χ0v) is 12.0. The molecule has 0 unspecified atom stereocenters. The molecular weight excluding hydrogens is 331 g/mol. The molecule has 0 aromatic carbocycles. The predicted molar refractivity (Wildman–Crippen MR) is 27.8 cm³/mol. The first-order valence-corrected chi connectivity index (χ1v) is 2.12. The first-order valence-electron chi connectivity index (χ1n) is 2.12. The maximum absolute atomic E-state index is 10.2. The first-order chi connectivity index (χ1) is 3.81. The fraction of sp³-hybridized carbons (Fsp3) is 0.500. The number of rotatable bonds is 3. The number of nitrogens with one attached hydrogen (secondary N) is 2. The van der Waals surface area contributed by atoms with Crippen LogP contribution in [0.25, 0.3) is 0 Å². The summed E-state index contributed by atoms with van der Waals surface area (Å²) in [6.45, 7) is 0. The molecule has 0 atom stereocenters. The summed E-state index contributed by atoms with van der Waals surface area (Å²) in [7, 11) is 1.49. The molecule has 0 saturated heterocycles. The maximum Gasteiger partial charge on any atom is 1.00 e. The summed E-state index contributed by atoms with van der Waals surface area (Å²) in [5.41, 5.74) is 0. The minimum absolute atomic E-state index is 0. The summed E-state index contributed by atoms with van der Waals surface area (Å²) in [5, 5.41) is 4.40. The zero-order valence-electron chi connectivity index (χ0n) is 5.93. The summed E-state index contributed by atoms with van der Waals surface area (Å²) in [4.78, 5) is 19.6. The van der Waals surface area contributed by atoms with Crippen LogP contribution in [0.5, 0.6) is 0 Å². The molecule has 0 aliphatic carbocycles. The van der Waals surface area contributed by atoms with Crippen molar-refractivity contribution in [2.75, 3.05) is 13.6 Å². The van der Waals surface area contributed by atoms with Gasteiger partial charge in [-0.3, -0.25) is 4.79 Å². The van der Waals surface area contributed by atoms with Crippen LogP contribution >= 0.6 is 0 Å². The first kappa shape index (κ1) is 17.4. The number of carbonyl (C=O) groups is 1. The second-order valence-corrected chi connectivity index (χ2v) is 1.13. The molecule has 2 amide bonds. The standard InChI is InChI=1S/C4H7N2O2.K.W/c1-5-4(8)2-6-3-7;;/h2H2,1H3,(H,5,8)(H,6,7);;/q-1;+1;. The van der Waals surface area contributed by atoms with Crippen molar-refractivity contribution >= 4 is 12.3 Å². The summed E-state index contributed by atoms with van der Waals surface area (Å²) < 4.78 is 0. The van der Waals surface area contributed by atoms with E-state index in [0.717, 1.165) is 0 Å². The minimum atomic E-state index is -0.228. The molecule has 10 heavy (non-hydrogen) atoms. The molecule has 0 spiro atoms. The Morgan fingerprint density at radius 1 is 1.60 bits per heavy atom. The fourth-order valence-corrected chi connectivity index (χ4v) is 0.205. The molecule has 2 N–H and O–H groups in total. The Morgan fingerprint density at radius 2 is 2.10 bits per heavy atom. The Labute approximate surface area is 117 Å². The van der Waals surface area contributed by atoms with E-state index in [-0.39, 0.29) is 84.9 Å². The van der Waals surface area contributed by atoms with E-state index in [1.54, 1.807) is 0 Å². The fourth-order valence-electron chi connectivity index (χ4n) is 0.205. The van der Waals surface area contributed by atoms with Crippen molar-refractivity contribution in [3.63, 3.8) is 0 Å². The molecule has 0 rings (SSSR count). The van der Waals surface area contributed by atoms with Crippen molar-refractivity contribution in [3.05, 3.63) is 0 Å². The molecule has 4 nitrogen and oxygen atoms in total. The van der Waals surface area contributed by atoms with E-state index in [1.807, 2.05) is 0 Å². The SMILES string of the molecule is CNC(=O)CN[C-]=O.[K+].[W]. The van der Waals surface area contributed by atoms with Crippen molar-refractivity contribution in [2.24, 2.45) is 0 Å². The van der Waals surface area contributed by atoms with Gasteiger partial charge in [0, 0.05) is 28.1 Å². The molecule has 0 aliphatic heterocycles. The van der Waals surface area contributed by atoms with Gasteiger partial charge in [-0.25, -0.2) is 0 Å². The third-order valence-corrected chi connectivity index (χ3v) is 0.600. The van der Waals surface area contributed by atoms with Gasteiger partial charge in [-0.1, -0.05) is 0 Å². The summed E-state index contributed by atoms with van der Waals surface area (Å²) >= 11 is 0. The third-order valence-electron chi connectivity index (χ3n) is 0.600. The number of hydrogen-bond donors (Lipinski definition) is 2. The van der Waals surface area contributed by atoms with Gasteiger partial charge in [-0.15, -0.1) is 0 Å². The van der Waals surface area contributed by atoms with Crippen LogP contribution in [-0.4, -0.2) is 25.9 Å². The Bertz CT molecular complexity index is 101. The largest absolute Gasteiger partial charge is 1.00 e. The van der Waals surface area contributed by atoms with Crippen LogP contribution < -0.4 is 62.0 Å².